The smallest absolute Gasteiger partial charge is 1.00 e. The number of nitrogens with two attached hydrogens (primary N) is 1. The van der Waals surface area contributed by atoms with E-state index >= 15 is 0 Å². The monoisotopic (exact) mass is 1100 g/mol. The Balaban J connectivity index is 0.000000369. The molecule has 3 aliphatic heterocycles. The van der Waals surface area contributed by atoms with Crippen molar-refractivity contribution in [2.75, 3.05) is 50.1 Å². The molecule has 2 N–H and O–H groups in total. The number of likely N-dealkylation sites (tertiary alicyclic amines) is 1. The summed E-state index contributed by atoms with van der Waals surface area (Å²) in [6.45, 7) is 11.7. The van der Waals surface area contributed by atoms with Crippen molar-refractivity contribution in [3.8, 4) is 11.5 Å². The van der Waals surface area contributed by atoms with Gasteiger partial charge in [0.1, 0.15) is 13.2 Å². The van der Waals surface area contributed by atoms with Gasteiger partial charge in [0.2, 0.25) is 0 Å². The van der Waals surface area contributed by atoms with Crippen molar-refractivity contribution in [1.29, 1.82) is 0 Å². The van der Waals surface area contributed by atoms with E-state index in [0.29, 0.717) is 31.3 Å². The number of benzene rings is 2. The number of nitrogens with zero attached hydrogens (tertiary/aromatic N) is 5. The van der Waals surface area contributed by atoms with E-state index in [2.05, 4.69) is 47.7 Å². The van der Waals surface area contributed by atoms with Crippen LogP contribution in [-0.4, -0.2) is 79.7 Å². The van der Waals surface area contributed by atoms with E-state index in [9.17, 15) is 19.2 Å². The van der Waals surface area contributed by atoms with Crippen LogP contribution in [0.1, 0.15) is 81.7 Å². The van der Waals surface area contributed by atoms with E-state index < -0.39 is 0 Å². The van der Waals surface area contributed by atoms with Crippen LogP contribution in [0.2, 0.25) is 0 Å². The maximum atomic E-state index is 13.1. The normalized spacial score (nSPS) is 15.7. The van der Waals surface area contributed by atoms with Crippen LogP contribution in [0.4, 0.5) is 0 Å². The summed E-state index contributed by atoms with van der Waals surface area (Å²) in [6, 6.07) is 10.6. The molecule has 2 aromatic carbocycles. The molecule has 15 nitrogen and oxygen atoms in total. The van der Waals surface area contributed by atoms with Gasteiger partial charge in [0.05, 0.1) is 34.2 Å². The molecule has 0 amide bonds. The topological polar surface area (TPSA) is 185 Å². The Labute approximate surface area is 494 Å². The fraction of sp³-hybridized carbons (Fsp3) is 0.479. The number of carbonyl (C=O) groups is 1. The molecule has 0 aliphatic carbocycles. The second-order valence-electron chi connectivity index (χ2n) is 16.7. The molecule has 1 saturated heterocycles. The second kappa shape index (κ2) is 27.3. The minimum atomic E-state index is -0.201. The maximum Gasteiger partial charge on any atom is 1.00 e. The quantitative estimate of drug-likeness (QED) is 0.0423. The van der Waals surface area contributed by atoms with Crippen LogP contribution in [0, 0.1) is 27.7 Å². The summed E-state index contributed by atoms with van der Waals surface area (Å²) in [4.78, 5) is 64.1. The van der Waals surface area contributed by atoms with Gasteiger partial charge in [0, 0.05) is 83.7 Å². The van der Waals surface area contributed by atoms with Crippen LogP contribution < -0.4 is 145 Å². The van der Waals surface area contributed by atoms with E-state index in [1.807, 2.05) is 38.3 Å². The Morgan fingerprint density at radius 2 is 1.03 bits per heavy atom. The number of piperidine rings is 1. The first-order chi connectivity index (χ1) is 30.7. The first-order valence-corrected chi connectivity index (χ1v) is 23.9. The maximum absolute atomic E-state index is 13.1. The van der Waals surface area contributed by atoms with E-state index in [1.165, 1.54) is 38.5 Å². The van der Waals surface area contributed by atoms with Crippen LogP contribution in [0.25, 0.3) is 43.6 Å². The first-order valence-electron chi connectivity index (χ1n) is 21.6. The Hall–Kier alpha value is -1.54. The minimum absolute atomic E-state index is 0. The SMILES string of the molecule is BrCCCCCBr.C.Cc1cc(=O)n(C)c2c3c4c(cc12)c(C)cc(=O)n4[C@@H](CN)CO3.Cc1cc(=O)n(C)c2c3c4c(cc12)c(C)cc(=O)n4[C@@H](CN1CCCCC1)CO3.O=CO[O-].[H-].[K+].[K+]. The Morgan fingerprint density at radius 1 is 0.657 bits per heavy atom. The summed E-state index contributed by atoms with van der Waals surface area (Å²) in [5.41, 5.74) is 12.3. The predicted molar refractivity (Wildman–Crippen MR) is 266 cm³/mol. The molecule has 354 valence electrons. The summed E-state index contributed by atoms with van der Waals surface area (Å²) in [7, 11) is 3.50. The van der Waals surface area contributed by atoms with E-state index in [4.69, 9.17) is 25.3 Å². The van der Waals surface area contributed by atoms with Crippen molar-refractivity contribution in [3.05, 3.63) is 100 Å². The zero-order valence-electron chi connectivity index (χ0n) is 40.3. The zero-order chi connectivity index (χ0) is 46.4. The molecule has 0 saturated carbocycles. The Morgan fingerprint density at radius 3 is 1.42 bits per heavy atom. The van der Waals surface area contributed by atoms with Crippen LogP contribution in [-0.2, 0) is 23.8 Å². The van der Waals surface area contributed by atoms with Gasteiger partial charge in [-0.1, -0.05) is 52.1 Å². The number of hydrogen-bond donors (Lipinski definition) is 1. The molecule has 0 unspecified atom stereocenters. The predicted octanol–water partition coefficient (Wildman–Crippen LogP) is 0.390. The number of rotatable bonds is 8. The molecule has 0 radical (unpaired) electrons. The van der Waals surface area contributed by atoms with Crippen molar-refractivity contribution in [1.82, 2.24) is 23.2 Å². The molecule has 1 fully saturated rings. The number of alkyl halides is 2. The molecule has 19 heteroatoms. The molecule has 4 aromatic heterocycles. The number of ether oxygens (including phenoxy) is 2. The molecule has 6 aromatic rings. The first kappa shape index (κ1) is 59.8. The van der Waals surface area contributed by atoms with E-state index in [1.54, 1.807) is 52.1 Å². The standard InChI is InChI=1S/C23H27N3O3.C18H19N3O3.C5H10Br2.CH2O3.CH4.2K.H/c1-14-9-19(27)24(3)21-17(14)11-18-15(2)10-20(28)26-16(13-29-23(21)22(18)26)12-25-7-5-4-6-8-25;1-9-4-14(22)20(3)16-12(9)6-13-10(2)5-15(23)21-11(7-19)8-24-18(16)17(13)21;6-4-2-1-3-5-7;2-1-4-3;;;;/h9-11,16H,4-8,12-13H2,1-3H3;4-6,11H,7-8,19H2,1-3H3;1-5H2;1,3H;1H4;;;/q;;;;;2*+1;-1/p-1/t16-;11-;;;;;;/m00....../s1. The largest absolute Gasteiger partial charge is 1.00 e. The summed E-state index contributed by atoms with van der Waals surface area (Å²) >= 11 is 6.73. The number of pyridine rings is 4. The number of hydrogen-bond acceptors (Lipinski definition) is 11. The van der Waals surface area contributed by atoms with Crippen LogP contribution in [0.5, 0.6) is 11.5 Å². The van der Waals surface area contributed by atoms with Gasteiger partial charge in [-0.25, -0.2) is 0 Å². The molecule has 3 aliphatic rings. The molecule has 67 heavy (non-hydrogen) atoms. The fourth-order valence-electron chi connectivity index (χ4n) is 9.07. The fourth-order valence-corrected chi connectivity index (χ4v) is 9.86. The number of fused-ring (bicyclic) bond motifs is 4. The van der Waals surface area contributed by atoms with Gasteiger partial charge in [-0.3, -0.25) is 33.1 Å². The molecule has 2 atom stereocenters. The van der Waals surface area contributed by atoms with Crippen molar-refractivity contribution >= 4 is 81.9 Å². The number of halogens is 2. The van der Waals surface area contributed by atoms with Gasteiger partial charge in [-0.05, 0) is 101 Å². The van der Waals surface area contributed by atoms with Crippen molar-refractivity contribution in [2.45, 2.75) is 85.7 Å². The number of aryl methyl sites for hydroxylation is 6. The Kier molecular flexibility index (Phi) is 24.4. The minimum Gasteiger partial charge on any atom is -1.00 e. The summed E-state index contributed by atoms with van der Waals surface area (Å²) in [6.07, 6.45) is 7.69. The zero-order valence-corrected chi connectivity index (χ0v) is 48.8. The van der Waals surface area contributed by atoms with Crippen molar-refractivity contribution < 1.29 is 129 Å². The van der Waals surface area contributed by atoms with Gasteiger partial charge in [-0.15, -0.1) is 0 Å². The number of carbonyl (C=O) groups excluding carboxylic acids is 1. The molecular weight excluding hydrogens is 1040 g/mol. The van der Waals surface area contributed by atoms with Crippen LogP contribution in [0.3, 0.4) is 0 Å². The van der Waals surface area contributed by atoms with Gasteiger partial charge < -0.3 is 40.8 Å². The third kappa shape index (κ3) is 12.9. The molecule has 7 heterocycles. The third-order valence-electron chi connectivity index (χ3n) is 12.4. The van der Waals surface area contributed by atoms with Gasteiger partial charge in [0.25, 0.3) is 28.7 Å². The number of unbranched alkanes of at least 4 members (excludes halogenated alkanes) is 2. The summed E-state index contributed by atoms with van der Waals surface area (Å²) in [5.74, 6) is 1.26. The van der Waals surface area contributed by atoms with Gasteiger partial charge >= 0.3 is 103 Å². The summed E-state index contributed by atoms with van der Waals surface area (Å²) in [5, 5.41) is 14.7. The van der Waals surface area contributed by atoms with E-state index in [0.717, 1.165) is 96.2 Å². The molecular formula is C48H62Br2K2N6O9. The average Bonchev–Trinajstić information content (AvgIpc) is 3.28. The molecule has 0 spiro atoms. The summed E-state index contributed by atoms with van der Waals surface area (Å²) < 4.78 is 19.2. The molecule has 0 bridgehead atoms. The third-order valence-corrected chi connectivity index (χ3v) is 13.5. The Bertz CT molecular complexity index is 2950. The van der Waals surface area contributed by atoms with Gasteiger partial charge in [0.15, 0.2) is 11.5 Å². The average molecular weight is 1110 g/mol. The second-order valence-corrected chi connectivity index (χ2v) is 18.3. The van der Waals surface area contributed by atoms with Crippen LogP contribution in [0.15, 0.2) is 55.6 Å². The number of aromatic nitrogens is 4. The van der Waals surface area contributed by atoms with Gasteiger partial charge in [-0.2, -0.15) is 0 Å². The van der Waals surface area contributed by atoms with Crippen LogP contribution >= 0.6 is 31.9 Å². The van der Waals surface area contributed by atoms with Crippen molar-refractivity contribution in [3.63, 3.8) is 0 Å². The van der Waals surface area contributed by atoms with E-state index in [-0.39, 0.29) is 152 Å². The van der Waals surface area contributed by atoms with Crippen molar-refractivity contribution in [2.24, 2.45) is 19.8 Å². The molecule has 9 rings (SSSR count).